The number of aryl methyl sites for hydroxylation is 1. The van der Waals surface area contributed by atoms with Crippen LogP contribution in [0.3, 0.4) is 0 Å². The van der Waals surface area contributed by atoms with Crippen molar-refractivity contribution in [3.8, 4) is 0 Å². The van der Waals surface area contributed by atoms with E-state index in [0.717, 1.165) is 44.9 Å². The van der Waals surface area contributed by atoms with Crippen LogP contribution in [0.4, 0.5) is 9.59 Å². The zero-order chi connectivity index (χ0) is 20.4. The van der Waals surface area contributed by atoms with Crippen molar-refractivity contribution >= 4 is 32.5 Å². The molecule has 3 amide bonds. The van der Waals surface area contributed by atoms with E-state index < -0.39 is 0 Å². The molecule has 154 valence electrons. The van der Waals surface area contributed by atoms with Gasteiger partial charge in [-0.2, -0.15) is 0 Å². The molecule has 0 heterocycles. The lowest BCUT2D eigenvalue weighted by atomic mass is 9.74. The van der Waals surface area contributed by atoms with Gasteiger partial charge >= 0.3 is 6.03 Å². The van der Waals surface area contributed by atoms with Crippen LogP contribution in [0.2, 0.25) is 0 Å². The number of carbonyl (C=O) groups is 2. The number of hydrogen-bond acceptors (Lipinski definition) is 2. The molecule has 0 saturated heterocycles. The van der Waals surface area contributed by atoms with Crippen LogP contribution in [0.5, 0.6) is 0 Å². The molecular weight excluding hydrogens is 465 g/mol. The fraction of sp³-hybridized carbons (Fsp3) is 0.636. The van der Waals surface area contributed by atoms with Gasteiger partial charge in [-0.15, -0.1) is 0 Å². The average molecular weight is 497 g/mol. The Morgan fingerprint density at radius 1 is 1.11 bits per heavy atom. The third-order valence-corrected chi connectivity index (χ3v) is 6.97. The first-order valence-corrected chi connectivity index (χ1v) is 11.4. The number of carbonyl (C=O) groups excluding carboxylic acids is 2. The van der Waals surface area contributed by atoms with Gasteiger partial charge < -0.3 is 15.5 Å². The highest BCUT2D eigenvalue weighted by molar-refractivity contribution is 14.1. The number of nitrogens with one attached hydrogen (secondary N) is 2. The van der Waals surface area contributed by atoms with Crippen molar-refractivity contribution in [2.45, 2.75) is 69.9 Å². The van der Waals surface area contributed by atoms with E-state index in [1.807, 2.05) is 40.6 Å². The summed E-state index contributed by atoms with van der Waals surface area (Å²) in [6, 6.07) is 8.37. The molecule has 3 aliphatic carbocycles. The molecule has 1 aromatic carbocycles. The molecule has 1 unspecified atom stereocenters. The SMILES string of the molecule is Cc1ccccc1CCN(C)C(=O)NC12CCC(NC(=O)I)(CC1)CC(C)C2. The predicted molar refractivity (Wildman–Crippen MR) is 121 cm³/mol. The van der Waals surface area contributed by atoms with E-state index in [1.165, 1.54) is 11.1 Å². The number of hydrogen-bond donors (Lipinski definition) is 2. The summed E-state index contributed by atoms with van der Waals surface area (Å²) in [5.41, 5.74) is 2.34. The van der Waals surface area contributed by atoms with E-state index in [0.29, 0.717) is 12.5 Å². The summed E-state index contributed by atoms with van der Waals surface area (Å²) < 4.78 is 0.0270. The van der Waals surface area contributed by atoms with E-state index in [4.69, 9.17) is 0 Å². The topological polar surface area (TPSA) is 61.4 Å². The third kappa shape index (κ3) is 4.99. The first kappa shape index (κ1) is 21.4. The lowest BCUT2D eigenvalue weighted by Crippen LogP contribution is -2.57. The number of nitrogens with zero attached hydrogens (tertiary/aromatic N) is 1. The van der Waals surface area contributed by atoms with Crippen LogP contribution in [0.25, 0.3) is 0 Å². The largest absolute Gasteiger partial charge is 0.342 e. The van der Waals surface area contributed by atoms with Crippen LogP contribution >= 0.6 is 22.6 Å². The molecule has 3 fully saturated rings. The fourth-order valence-electron chi connectivity index (χ4n) is 5.18. The van der Waals surface area contributed by atoms with Crippen LogP contribution in [0.15, 0.2) is 24.3 Å². The Labute approximate surface area is 182 Å². The summed E-state index contributed by atoms with van der Waals surface area (Å²) in [7, 11) is 1.88. The summed E-state index contributed by atoms with van der Waals surface area (Å²) in [5.74, 6) is 0.478. The molecule has 0 aliphatic heterocycles. The molecule has 3 aliphatic rings. The van der Waals surface area contributed by atoms with E-state index in [-0.39, 0.29) is 21.0 Å². The van der Waals surface area contributed by atoms with Crippen molar-refractivity contribution in [2.24, 2.45) is 5.92 Å². The second kappa shape index (κ2) is 8.59. The first-order valence-electron chi connectivity index (χ1n) is 10.3. The predicted octanol–water partition coefficient (Wildman–Crippen LogP) is 4.81. The van der Waals surface area contributed by atoms with Crippen LogP contribution in [-0.2, 0) is 6.42 Å². The fourth-order valence-corrected chi connectivity index (χ4v) is 5.76. The molecule has 0 radical (unpaired) electrons. The Hall–Kier alpha value is -1.31. The minimum absolute atomic E-state index is 0.0214. The van der Waals surface area contributed by atoms with E-state index in [2.05, 4.69) is 42.7 Å². The van der Waals surface area contributed by atoms with Crippen molar-refractivity contribution in [1.82, 2.24) is 15.5 Å². The lowest BCUT2D eigenvalue weighted by molar-refractivity contribution is 0.152. The zero-order valence-electron chi connectivity index (χ0n) is 17.2. The van der Waals surface area contributed by atoms with E-state index in [9.17, 15) is 9.59 Å². The second-order valence-corrected chi connectivity index (χ2v) is 9.98. The molecular formula is C22H32IN3O2. The Kier molecular flexibility index (Phi) is 6.57. The van der Waals surface area contributed by atoms with Crippen LogP contribution < -0.4 is 10.6 Å². The summed E-state index contributed by atoms with van der Waals surface area (Å²) in [4.78, 5) is 26.4. The van der Waals surface area contributed by atoms with Gasteiger partial charge in [0.15, 0.2) is 0 Å². The van der Waals surface area contributed by atoms with Gasteiger partial charge in [-0.05, 0) is 68.9 Å². The molecule has 6 heteroatoms. The summed E-state index contributed by atoms with van der Waals surface area (Å²) in [6.45, 7) is 5.06. The van der Waals surface area contributed by atoms with Gasteiger partial charge in [0.1, 0.15) is 0 Å². The molecule has 4 rings (SSSR count). The van der Waals surface area contributed by atoms with Gasteiger partial charge in [-0.25, -0.2) is 4.79 Å². The highest BCUT2D eigenvalue weighted by Gasteiger charge is 2.49. The maximum Gasteiger partial charge on any atom is 0.317 e. The monoisotopic (exact) mass is 497 g/mol. The highest BCUT2D eigenvalue weighted by Crippen LogP contribution is 2.47. The maximum atomic E-state index is 12.9. The molecule has 0 spiro atoms. The number of urea groups is 1. The molecule has 1 atom stereocenters. The van der Waals surface area contributed by atoms with Gasteiger partial charge in [0, 0.05) is 47.3 Å². The normalized spacial score (nSPS) is 29.1. The molecule has 0 aromatic heterocycles. The van der Waals surface area contributed by atoms with Crippen LogP contribution in [0, 0.1) is 12.8 Å². The first-order chi connectivity index (χ1) is 13.2. The molecule has 28 heavy (non-hydrogen) atoms. The molecule has 1 aromatic rings. The molecule has 2 N–H and O–H groups in total. The number of amides is 3. The Balaban J connectivity index is 1.60. The number of fused-ring (bicyclic) bond motifs is 4. The van der Waals surface area contributed by atoms with Gasteiger partial charge in [-0.3, -0.25) is 4.79 Å². The number of halogens is 1. The maximum absolute atomic E-state index is 12.9. The van der Waals surface area contributed by atoms with Crippen LogP contribution in [-0.4, -0.2) is 39.5 Å². The van der Waals surface area contributed by atoms with E-state index in [1.54, 1.807) is 0 Å². The van der Waals surface area contributed by atoms with Crippen molar-refractivity contribution in [2.75, 3.05) is 13.6 Å². The quantitative estimate of drug-likeness (QED) is 0.349. The Morgan fingerprint density at radius 2 is 1.68 bits per heavy atom. The smallest absolute Gasteiger partial charge is 0.317 e. The minimum atomic E-state index is -0.135. The lowest BCUT2D eigenvalue weighted by Gasteiger charge is -2.43. The molecule has 3 saturated carbocycles. The van der Waals surface area contributed by atoms with Gasteiger partial charge in [0.2, 0.25) is 0 Å². The molecule has 2 bridgehead atoms. The summed E-state index contributed by atoms with van der Waals surface area (Å²) >= 11 is 1.84. The number of benzene rings is 1. The zero-order valence-corrected chi connectivity index (χ0v) is 19.3. The Bertz CT molecular complexity index is 728. The molecule has 5 nitrogen and oxygen atoms in total. The van der Waals surface area contributed by atoms with Crippen molar-refractivity contribution in [3.05, 3.63) is 35.4 Å². The Morgan fingerprint density at radius 3 is 2.25 bits per heavy atom. The summed E-state index contributed by atoms with van der Waals surface area (Å²) in [6.07, 6.45) is 6.62. The van der Waals surface area contributed by atoms with Crippen molar-refractivity contribution in [1.29, 1.82) is 0 Å². The minimum Gasteiger partial charge on any atom is -0.342 e. The number of likely N-dealkylation sites (N-methyl/N-ethyl adjacent to an activating group) is 1. The standard InChI is InChI=1S/C22H32IN3O2/c1-16-14-21(24-19(23)27)9-11-22(15-16,12-10-21)25-20(28)26(3)13-8-18-7-5-4-6-17(18)2/h4-7,16H,8-15H2,1-3H3,(H,24,27)(H,25,28). The number of rotatable bonds is 5. The third-order valence-electron chi connectivity index (χ3n) is 6.70. The van der Waals surface area contributed by atoms with Gasteiger partial charge in [-0.1, -0.05) is 31.2 Å². The van der Waals surface area contributed by atoms with Crippen LogP contribution in [0.1, 0.15) is 56.6 Å². The van der Waals surface area contributed by atoms with Gasteiger partial charge in [0.25, 0.3) is 3.91 Å². The van der Waals surface area contributed by atoms with Crippen molar-refractivity contribution in [3.63, 3.8) is 0 Å². The summed E-state index contributed by atoms with van der Waals surface area (Å²) in [5, 5.41) is 6.60. The second-order valence-electron chi connectivity index (χ2n) is 9.00. The van der Waals surface area contributed by atoms with Crippen molar-refractivity contribution < 1.29 is 9.59 Å². The highest BCUT2D eigenvalue weighted by atomic mass is 127. The van der Waals surface area contributed by atoms with E-state index >= 15 is 0 Å². The van der Waals surface area contributed by atoms with Gasteiger partial charge in [0.05, 0.1) is 0 Å². The average Bonchev–Trinajstić information content (AvgIpc) is 2.84.